The Morgan fingerprint density at radius 3 is 1.92 bits per heavy atom. The van der Waals surface area contributed by atoms with E-state index in [9.17, 15) is 0 Å². The molecule has 1 unspecified atom stereocenters. The van der Waals surface area contributed by atoms with Crippen molar-refractivity contribution in [2.24, 2.45) is 0 Å². The number of nitrogens with one attached hydrogen (secondary N) is 1. The average Bonchev–Trinajstić information content (AvgIpc) is 2.07. The summed E-state index contributed by atoms with van der Waals surface area (Å²) in [6.07, 6.45) is 0. The van der Waals surface area contributed by atoms with Crippen LogP contribution in [-0.2, 0) is 0 Å². The van der Waals surface area contributed by atoms with Gasteiger partial charge in [-0.2, -0.15) is 0 Å². The molecule has 0 fully saturated rings. The van der Waals surface area contributed by atoms with E-state index in [2.05, 4.69) is 64.0 Å². The Hall–Kier alpha value is 0.190. The molecule has 1 N–H and O–H groups in total. The summed E-state index contributed by atoms with van der Waals surface area (Å²) < 4.78 is 1.69. The third-order valence-electron chi connectivity index (χ3n) is 1.33. The van der Waals surface area contributed by atoms with E-state index in [0.717, 1.165) is 0 Å². The predicted octanol–water partition coefficient (Wildman–Crippen LogP) is 3.51. The number of hydrogen-bond donors (Lipinski definition) is 1. The fraction of sp³-hybridized carbons (Fsp3) is 0.250. The van der Waals surface area contributed by atoms with Gasteiger partial charge in [0.05, 0.1) is 0 Å². The Balaban J connectivity index is 0.000000354. The van der Waals surface area contributed by atoms with E-state index >= 15 is 0 Å². The van der Waals surface area contributed by atoms with Gasteiger partial charge in [-0.05, 0) is 34.8 Å². The van der Waals surface area contributed by atoms with Crippen LogP contribution in [0.1, 0.15) is 18.1 Å². The lowest BCUT2D eigenvalue weighted by Gasteiger charge is -2.01. The summed E-state index contributed by atoms with van der Waals surface area (Å²) in [5, 5.41) is 0. The van der Waals surface area contributed by atoms with E-state index in [1.54, 1.807) is 4.35 Å². The molecule has 1 nitrogen and oxygen atoms in total. The standard InChI is InChI=1S/C8H11P.Cl2HN/c1-7(9)8-5-3-2-4-6-8;1-3-2/h2-7H,9H2,1H3;3H/t7-;/m1./s1. The molecule has 12 heavy (non-hydrogen) atoms. The van der Waals surface area contributed by atoms with Crippen molar-refractivity contribution in [3.8, 4) is 0 Å². The number of rotatable bonds is 1. The van der Waals surface area contributed by atoms with Gasteiger partial charge >= 0.3 is 0 Å². The van der Waals surface area contributed by atoms with Gasteiger partial charge in [0.1, 0.15) is 0 Å². The van der Waals surface area contributed by atoms with Crippen molar-refractivity contribution in [3.63, 3.8) is 0 Å². The highest BCUT2D eigenvalue weighted by atomic mass is 35.5. The van der Waals surface area contributed by atoms with Crippen molar-refractivity contribution in [2.45, 2.75) is 12.6 Å². The molecule has 0 aliphatic carbocycles. The van der Waals surface area contributed by atoms with Crippen molar-refractivity contribution in [2.75, 3.05) is 0 Å². The Bertz CT molecular complexity index is 192. The highest BCUT2D eigenvalue weighted by molar-refractivity contribution is 7.17. The Morgan fingerprint density at radius 2 is 1.67 bits per heavy atom. The summed E-state index contributed by atoms with van der Waals surface area (Å²) in [5.41, 5.74) is 1.95. The highest BCUT2D eigenvalue weighted by Gasteiger charge is 1.93. The van der Waals surface area contributed by atoms with Crippen LogP contribution >= 0.6 is 32.8 Å². The normalized spacial score (nSPS) is 11.3. The molecule has 0 bridgehead atoms. The first-order valence-electron chi connectivity index (χ1n) is 3.49. The Labute approximate surface area is 85.9 Å². The topological polar surface area (TPSA) is 12.0 Å². The van der Waals surface area contributed by atoms with E-state index in [0.29, 0.717) is 5.66 Å². The summed E-state index contributed by atoms with van der Waals surface area (Å²) in [5.74, 6) is 0. The first-order valence-corrected chi connectivity index (χ1v) is 4.91. The van der Waals surface area contributed by atoms with Gasteiger partial charge in [-0.25, -0.2) is 0 Å². The third kappa shape index (κ3) is 5.79. The zero-order chi connectivity index (χ0) is 9.40. The second-order valence-corrected chi connectivity index (χ2v) is 3.84. The molecule has 0 amide bonds. The molecule has 1 aromatic rings. The van der Waals surface area contributed by atoms with E-state index in [1.165, 1.54) is 5.56 Å². The van der Waals surface area contributed by atoms with Crippen LogP contribution in [0.2, 0.25) is 0 Å². The van der Waals surface area contributed by atoms with Crippen LogP contribution in [0.3, 0.4) is 0 Å². The molecular weight excluding hydrogens is 212 g/mol. The molecule has 0 aromatic heterocycles. The van der Waals surface area contributed by atoms with Crippen LogP contribution in [0.25, 0.3) is 0 Å². The second kappa shape index (κ2) is 7.82. The molecule has 0 saturated carbocycles. The van der Waals surface area contributed by atoms with Gasteiger partial charge in [0.15, 0.2) is 0 Å². The van der Waals surface area contributed by atoms with Gasteiger partial charge in [0.25, 0.3) is 0 Å². The zero-order valence-electron chi connectivity index (χ0n) is 6.80. The number of halogens is 2. The lowest BCUT2D eigenvalue weighted by Crippen LogP contribution is -1.79. The minimum Gasteiger partial charge on any atom is -0.145 e. The maximum Gasteiger partial charge on any atom is -0.00428 e. The molecule has 0 saturated heterocycles. The smallest absolute Gasteiger partial charge is 0.00428 e. The molecule has 0 heterocycles. The van der Waals surface area contributed by atoms with Gasteiger partial charge < -0.3 is 0 Å². The zero-order valence-corrected chi connectivity index (χ0v) is 9.46. The molecule has 0 aliphatic rings. The van der Waals surface area contributed by atoms with Gasteiger partial charge in [0, 0.05) is 0 Å². The van der Waals surface area contributed by atoms with Crippen molar-refractivity contribution < 1.29 is 0 Å². The lowest BCUT2D eigenvalue weighted by molar-refractivity contribution is 1.10. The molecule has 68 valence electrons. The van der Waals surface area contributed by atoms with Gasteiger partial charge in [-0.3, -0.25) is 0 Å². The van der Waals surface area contributed by atoms with Crippen LogP contribution in [0.5, 0.6) is 0 Å². The molecule has 0 radical (unpaired) electrons. The van der Waals surface area contributed by atoms with Crippen LogP contribution in [0, 0.1) is 0 Å². The number of benzene rings is 1. The molecule has 4 heteroatoms. The molecule has 2 atom stereocenters. The largest absolute Gasteiger partial charge is 0.145 e. The molecule has 0 spiro atoms. The van der Waals surface area contributed by atoms with Crippen LogP contribution in [-0.4, -0.2) is 0 Å². The first-order chi connectivity index (χ1) is 5.72. The van der Waals surface area contributed by atoms with Crippen molar-refractivity contribution >= 4 is 32.8 Å². The average molecular weight is 224 g/mol. The van der Waals surface area contributed by atoms with E-state index in [-0.39, 0.29) is 0 Å². The molecular formula is C8H12Cl2NP. The fourth-order valence-electron chi connectivity index (χ4n) is 0.757. The Morgan fingerprint density at radius 1 is 1.25 bits per heavy atom. The van der Waals surface area contributed by atoms with Gasteiger partial charge in [-0.15, -0.1) is 13.6 Å². The molecule has 0 aliphatic heterocycles. The monoisotopic (exact) mass is 223 g/mol. The molecule has 1 aromatic carbocycles. The number of hydrogen-bond acceptors (Lipinski definition) is 1. The Kier molecular flexibility index (Phi) is 7.94. The van der Waals surface area contributed by atoms with Gasteiger partial charge in [0.2, 0.25) is 0 Å². The van der Waals surface area contributed by atoms with Crippen molar-refractivity contribution in [1.29, 1.82) is 0 Å². The van der Waals surface area contributed by atoms with Gasteiger partial charge in [-0.1, -0.05) is 37.3 Å². The third-order valence-corrected chi connectivity index (χ3v) is 1.71. The fourth-order valence-corrected chi connectivity index (χ4v) is 0.979. The van der Waals surface area contributed by atoms with E-state index in [4.69, 9.17) is 0 Å². The summed E-state index contributed by atoms with van der Waals surface area (Å²) >= 11 is 9.03. The van der Waals surface area contributed by atoms with Crippen LogP contribution in [0.4, 0.5) is 0 Å². The molecule has 1 rings (SSSR count). The minimum absolute atomic E-state index is 0.575. The summed E-state index contributed by atoms with van der Waals surface area (Å²) in [7, 11) is 2.77. The SMILES string of the molecule is C[C@@H](P)c1ccccc1.ClNCl. The highest BCUT2D eigenvalue weighted by Crippen LogP contribution is 2.20. The van der Waals surface area contributed by atoms with Crippen molar-refractivity contribution in [1.82, 2.24) is 4.35 Å². The maximum absolute atomic E-state index is 4.51. The lowest BCUT2D eigenvalue weighted by atomic mass is 10.2. The van der Waals surface area contributed by atoms with Crippen LogP contribution < -0.4 is 4.35 Å². The summed E-state index contributed by atoms with van der Waals surface area (Å²) in [6.45, 7) is 2.17. The van der Waals surface area contributed by atoms with Crippen molar-refractivity contribution in [3.05, 3.63) is 35.9 Å². The summed E-state index contributed by atoms with van der Waals surface area (Å²) in [4.78, 5) is 0. The minimum atomic E-state index is 0.575. The second-order valence-electron chi connectivity index (χ2n) is 2.27. The van der Waals surface area contributed by atoms with E-state index in [1.807, 2.05) is 6.07 Å². The van der Waals surface area contributed by atoms with Crippen LogP contribution in [0.15, 0.2) is 30.3 Å². The maximum atomic E-state index is 4.51. The quantitative estimate of drug-likeness (QED) is 0.568. The van der Waals surface area contributed by atoms with E-state index < -0.39 is 0 Å². The predicted molar refractivity (Wildman–Crippen MR) is 59.4 cm³/mol. The first kappa shape index (κ1) is 12.2. The summed E-state index contributed by atoms with van der Waals surface area (Å²) in [6, 6.07) is 10.4.